The minimum absolute atomic E-state index is 0.00764. The van der Waals surface area contributed by atoms with Crippen LogP contribution in [0, 0.1) is 0 Å². The maximum atomic E-state index is 11.0. The largest absolute Gasteiger partial charge is 0.497 e. The van der Waals surface area contributed by atoms with Gasteiger partial charge in [-0.1, -0.05) is 0 Å². The molecule has 0 radical (unpaired) electrons. The predicted octanol–water partition coefficient (Wildman–Crippen LogP) is -0.800. The second kappa shape index (κ2) is 3.69. The van der Waals surface area contributed by atoms with Gasteiger partial charge in [-0.3, -0.25) is 4.79 Å². The quantitative estimate of drug-likeness (QED) is 0.692. The van der Waals surface area contributed by atoms with Crippen LogP contribution in [0.15, 0.2) is 28.7 Å². The molecule has 0 atom stereocenters. The highest BCUT2D eigenvalue weighted by molar-refractivity contribution is 5.95. The number of carbonyl (C=O) groups excluding carboxylic acids is 1. The second-order valence-corrected chi connectivity index (χ2v) is 3.29. The molecule has 0 aliphatic heterocycles. The summed E-state index contributed by atoms with van der Waals surface area (Å²) in [5.41, 5.74) is 5.89. The lowest BCUT2D eigenvalue weighted by Crippen LogP contribution is -2.48. The number of carbonyl (C=O) groups is 1. The second-order valence-electron chi connectivity index (χ2n) is 3.29. The van der Waals surface area contributed by atoms with Crippen LogP contribution in [0.4, 0.5) is 0 Å². The van der Waals surface area contributed by atoms with Gasteiger partial charge in [0.1, 0.15) is 11.3 Å². The third kappa shape index (κ3) is 1.63. The molecule has 16 heavy (non-hydrogen) atoms. The first-order valence-electron chi connectivity index (χ1n) is 4.62. The predicted molar refractivity (Wildman–Crippen MR) is 56.3 cm³/mol. The average Bonchev–Trinajstić information content (AvgIpc) is 2.27. The van der Waals surface area contributed by atoms with E-state index in [1.165, 1.54) is 0 Å². The van der Waals surface area contributed by atoms with Crippen LogP contribution >= 0.6 is 0 Å². The van der Waals surface area contributed by atoms with Crippen LogP contribution in [0.1, 0.15) is 10.4 Å². The van der Waals surface area contributed by atoms with Gasteiger partial charge in [0.2, 0.25) is 0 Å². The van der Waals surface area contributed by atoms with Crippen molar-refractivity contribution in [3.8, 4) is 5.75 Å². The number of amides is 1. The van der Waals surface area contributed by atoms with E-state index < -0.39 is 5.91 Å². The molecular formula is C11H11N2O3+. The van der Waals surface area contributed by atoms with E-state index in [2.05, 4.69) is 0 Å². The summed E-state index contributed by atoms with van der Waals surface area (Å²) < 4.78 is 10.3. The first-order valence-corrected chi connectivity index (χ1v) is 4.62. The van der Waals surface area contributed by atoms with Crippen LogP contribution in [0.2, 0.25) is 0 Å². The topological polar surface area (TPSA) is 91.0 Å². The van der Waals surface area contributed by atoms with Crippen molar-refractivity contribution in [2.24, 2.45) is 5.73 Å². The molecular weight excluding hydrogens is 208 g/mol. The number of nitrogens with two attached hydrogens (primary N) is 2. The van der Waals surface area contributed by atoms with Gasteiger partial charge in [-0.2, -0.15) is 0 Å². The van der Waals surface area contributed by atoms with Crippen molar-refractivity contribution in [1.29, 1.82) is 0 Å². The van der Waals surface area contributed by atoms with Gasteiger partial charge in [-0.15, -0.1) is 0 Å². The maximum Gasteiger partial charge on any atom is 0.377 e. The Hall–Kier alpha value is -2.30. The van der Waals surface area contributed by atoms with E-state index in [0.29, 0.717) is 11.3 Å². The minimum atomic E-state index is -0.612. The van der Waals surface area contributed by atoms with Crippen LogP contribution < -0.4 is 21.4 Å². The van der Waals surface area contributed by atoms with Gasteiger partial charge in [0.25, 0.3) is 5.91 Å². The molecule has 0 saturated heterocycles. The fourth-order valence-corrected chi connectivity index (χ4v) is 1.44. The molecule has 5 heteroatoms. The zero-order valence-corrected chi connectivity index (χ0v) is 8.69. The third-order valence-electron chi connectivity index (χ3n) is 2.27. The Morgan fingerprint density at radius 3 is 2.81 bits per heavy atom. The van der Waals surface area contributed by atoms with Crippen molar-refractivity contribution in [1.82, 2.24) is 0 Å². The fourth-order valence-electron chi connectivity index (χ4n) is 1.44. The molecule has 1 aromatic carbocycles. The summed E-state index contributed by atoms with van der Waals surface area (Å²) in [5.74, 6) is 0.0430. The van der Waals surface area contributed by atoms with Gasteiger partial charge in [-0.25, -0.2) is 5.41 Å². The van der Waals surface area contributed by atoms with Crippen LogP contribution in [0.5, 0.6) is 5.75 Å². The highest BCUT2D eigenvalue weighted by atomic mass is 16.5. The van der Waals surface area contributed by atoms with Crippen molar-refractivity contribution in [2.45, 2.75) is 0 Å². The van der Waals surface area contributed by atoms with E-state index in [1.807, 2.05) is 0 Å². The standard InChI is InChI=1S/C11H10N2O3/c1-15-7-3-2-6-4-8(10(12)14)11(13)16-9(6)5-7/h2-5,13H,1H3,(H2,12,14)/p+1. The van der Waals surface area contributed by atoms with E-state index in [4.69, 9.17) is 20.3 Å². The number of methoxy groups -OCH3 is 1. The lowest BCUT2D eigenvalue weighted by atomic mass is 10.1. The monoisotopic (exact) mass is 219 g/mol. The molecule has 82 valence electrons. The molecule has 0 unspecified atom stereocenters. The number of rotatable bonds is 2. The Morgan fingerprint density at radius 1 is 1.44 bits per heavy atom. The summed E-state index contributed by atoms with van der Waals surface area (Å²) in [6, 6.07) is 6.81. The lowest BCUT2D eigenvalue weighted by Gasteiger charge is -2.01. The fraction of sp³-hybridized carbons (Fsp3) is 0.0909. The van der Waals surface area contributed by atoms with E-state index >= 15 is 0 Å². The van der Waals surface area contributed by atoms with Gasteiger partial charge >= 0.3 is 5.55 Å². The molecule has 4 N–H and O–H groups in total. The minimum Gasteiger partial charge on any atom is -0.497 e. The lowest BCUT2D eigenvalue weighted by molar-refractivity contribution is -0.197. The molecule has 0 saturated carbocycles. The maximum absolute atomic E-state index is 11.0. The Bertz CT molecular complexity index is 616. The van der Waals surface area contributed by atoms with Crippen molar-refractivity contribution in [3.63, 3.8) is 0 Å². The van der Waals surface area contributed by atoms with Gasteiger partial charge in [-0.05, 0) is 18.2 Å². The highest BCUT2D eigenvalue weighted by Crippen LogP contribution is 2.19. The normalized spacial score (nSPS) is 10.3. The first kappa shape index (κ1) is 10.2. The zero-order chi connectivity index (χ0) is 11.7. The molecule has 1 heterocycles. The number of ether oxygens (including phenoxy) is 1. The molecule has 2 rings (SSSR count). The van der Waals surface area contributed by atoms with Crippen molar-refractivity contribution >= 4 is 16.9 Å². The van der Waals surface area contributed by atoms with Crippen LogP contribution in [-0.2, 0) is 0 Å². The highest BCUT2D eigenvalue weighted by Gasteiger charge is 2.11. The molecule has 0 aliphatic carbocycles. The van der Waals surface area contributed by atoms with Gasteiger partial charge in [0.05, 0.1) is 7.11 Å². The number of fused-ring (bicyclic) bond motifs is 1. The van der Waals surface area contributed by atoms with Gasteiger partial charge < -0.3 is 14.9 Å². The third-order valence-corrected chi connectivity index (χ3v) is 2.27. The first-order chi connectivity index (χ1) is 7.61. The summed E-state index contributed by atoms with van der Waals surface area (Å²) in [6.07, 6.45) is 0. The molecule has 0 spiro atoms. The SMILES string of the molecule is COc1ccc2cc(C(N)=O)c(=[NH2+])oc2c1. The van der Waals surface area contributed by atoms with E-state index in [1.54, 1.807) is 31.4 Å². The summed E-state index contributed by atoms with van der Waals surface area (Å²) >= 11 is 0. The summed E-state index contributed by atoms with van der Waals surface area (Å²) in [7, 11) is 1.56. The van der Waals surface area contributed by atoms with Crippen LogP contribution in [-0.4, -0.2) is 13.0 Å². The Labute approximate surface area is 90.9 Å². The Kier molecular flexibility index (Phi) is 2.36. The molecule has 0 bridgehead atoms. The number of primary amides is 1. The van der Waals surface area contributed by atoms with E-state index in [9.17, 15) is 4.79 Å². The summed E-state index contributed by atoms with van der Waals surface area (Å²) in [5, 5.41) is 6.31. The zero-order valence-electron chi connectivity index (χ0n) is 8.69. The van der Waals surface area contributed by atoms with Crippen LogP contribution in [0.25, 0.3) is 11.0 Å². The smallest absolute Gasteiger partial charge is 0.377 e. The van der Waals surface area contributed by atoms with Crippen molar-refractivity contribution in [2.75, 3.05) is 7.11 Å². The molecule has 5 nitrogen and oxygen atoms in total. The Morgan fingerprint density at radius 2 is 2.19 bits per heavy atom. The van der Waals surface area contributed by atoms with Crippen LogP contribution in [0.3, 0.4) is 0 Å². The number of benzene rings is 1. The van der Waals surface area contributed by atoms with E-state index in [-0.39, 0.29) is 11.1 Å². The number of hydrogen-bond acceptors (Lipinski definition) is 3. The Balaban J connectivity index is 2.74. The molecule has 1 aromatic heterocycles. The molecule has 0 fully saturated rings. The van der Waals surface area contributed by atoms with Crippen molar-refractivity contribution in [3.05, 3.63) is 35.4 Å². The average molecular weight is 219 g/mol. The molecule has 1 amide bonds. The summed E-state index contributed by atoms with van der Waals surface area (Å²) in [4.78, 5) is 11.0. The van der Waals surface area contributed by atoms with E-state index in [0.717, 1.165) is 5.39 Å². The number of hydrogen-bond donors (Lipinski definition) is 2. The van der Waals surface area contributed by atoms with Crippen molar-refractivity contribution < 1.29 is 19.4 Å². The molecule has 0 aliphatic rings. The van der Waals surface area contributed by atoms with Gasteiger partial charge in [0.15, 0.2) is 5.56 Å². The van der Waals surface area contributed by atoms with Gasteiger partial charge in [0, 0.05) is 11.5 Å². The summed E-state index contributed by atoms with van der Waals surface area (Å²) in [6.45, 7) is 0. The molecule has 2 aromatic rings.